The number of hydrogen-bond acceptors (Lipinski definition) is 4. The average Bonchev–Trinajstić information content (AvgIpc) is 3.25. The Morgan fingerprint density at radius 2 is 0.567 bits per heavy atom. The van der Waals surface area contributed by atoms with Crippen molar-refractivity contribution < 1.29 is 20.1 Å². The minimum absolute atomic E-state index is 0.136. The standard InChI is InChI=1S/C55H111NO4/c1-3-5-7-9-11-13-15-17-19-21-23-25-26-27-28-30-32-34-36-38-40-42-44-46-48-50-54(59)56-52(51-57)55(60)53(58)49-47-45-43-41-39-37-35-33-31-29-24-22-20-18-16-14-12-10-8-6-4-2/h52-53,55,57-58,60H,3-51H2,1-2H3,(H,56,59). The molecule has 5 nitrogen and oxygen atoms in total. The molecule has 5 heteroatoms. The molecule has 0 aromatic heterocycles. The molecule has 0 radical (unpaired) electrons. The van der Waals surface area contributed by atoms with Crippen molar-refractivity contribution in [1.82, 2.24) is 5.32 Å². The fourth-order valence-electron chi connectivity index (χ4n) is 9.17. The Hall–Kier alpha value is -0.650. The van der Waals surface area contributed by atoms with Gasteiger partial charge in [-0.25, -0.2) is 0 Å². The molecular formula is C55H111NO4. The number of unbranched alkanes of at least 4 members (excludes halogenated alkanes) is 44. The first kappa shape index (κ1) is 59.4. The highest BCUT2D eigenvalue weighted by Crippen LogP contribution is 2.19. The van der Waals surface area contributed by atoms with E-state index in [1.807, 2.05) is 0 Å². The lowest BCUT2D eigenvalue weighted by atomic mass is 9.99. The third-order valence-electron chi connectivity index (χ3n) is 13.5. The van der Waals surface area contributed by atoms with Crippen LogP contribution in [0.2, 0.25) is 0 Å². The van der Waals surface area contributed by atoms with Crippen molar-refractivity contribution in [2.45, 2.75) is 340 Å². The zero-order valence-electron chi connectivity index (χ0n) is 41.1. The van der Waals surface area contributed by atoms with Crippen molar-refractivity contribution in [2.75, 3.05) is 6.61 Å². The second-order valence-electron chi connectivity index (χ2n) is 19.5. The molecule has 0 fully saturated rings. The van der Waals surface area contributed by atoms with Crippen LogP contribution in [0.1, 0.15) is 322 Å². The Kier molecular flexibility index (Phi) is 50.4. The van der Waals surface area contributed by atoms with Gasteiger partial charge in [-0.2, -0.15) is 0 Å². The first-order valence-corrected chi connectivity index (χ1v) is 27.8. The summed E-state index contributed by atoms with van der Waals surface area (Å²) in [6.07, 6.45) is 61.1. The zero-order chi connectivity index (χ0) is 43.7. The highest BCUT2D eigenvalue weighted by Gasteiger charge is 2.26. The van der Waals surface area contributed by atoms with Crippen molar-refractivity contribution >= 4 is 5.91 Å². The van der Waals surface area contributed by atoms with Gasteiger partial charge in [0.05, 0.1) is 18.8 Å². The molecule has 4 N–H and O–H groups in total. The number of aliphatic hydroxyl groups is 3. The summed E-state index contributed by atoms with van der Waals surface area (Å²) in [5.41, 5.74) is 0. The summed E-state index contributed by atoms with van der Waals surface area (Å²) in [4.78, 5) is 12.5. The molecule has 0 spiro atoms. The Balaban J connectivity index is 3.50. The Labute approximate surface area is 377 Å². The predicted octanol–water partition coefficient (Wildman–Crippen LogP) is 16.9. The van der Waals surface area contributed by atoms with Crippen LogP contribution in [0.5, 0.6) is 0 Å². The maximum absolute atomic E-state index is 12.5. The Morgan fingerprint density at radius 3 is 0.800 bits per heavy atom. The van der Waals surface area contributed by atoms with Crippen LogP contribution >= 0.6 is 0 Å². The van der Waals surface area contributed by atoms with Gasteiger partial charge in [0.15, 0.2) is 0 Å². The molecule has 0 bridgehead atoms. The molecule has 3 unspecified atom stereocenters. The summed E-state index contributed by atoms with van der Waals surface area (Å²) in [5.74, 6) is -0.136. The normalized spacial score (nSPS) is 13.2. The Bertz CT molecular complexity index is 807. The Morgan fingerprint density at radius 1 is 0.350 bits per heavy atom. The van der Waals surface area contributed by atoms with Gasteiger partial charge in [-0.1, -0.05) is 303 Å². The first-order chi connectivity index (χ1) is 29.6. The van der Waals surface area contributed by atoms with Gasteiger partial charge >= 0.3 is 0 Å². The molecule has 0 aromatic carbocycles. The van der Waals surface area contributed by atoms with Gasteiger partial charge in [-0.05, 0) is 12.8 Å². The lowest BCUT2D eigenvalue weighted by Gasteiger charge is -2.26. The van der Waals surface area contributed by atoms with Crippen LogP contribution in [0.15, 0.2) is 0 Å². The minimum atomic E-state index is -1.13. The van der Waals surface area contributed by atoms with E-state index in [0.717, 1.165) is 32.1 Å². The largest absolute Gasteiger partial charge is 0.394 e. The summed E-state index contributed by atoms with van der Waals surface area (Å²) in [7, 11) is 0. The maximum atomic E-state index is 12.5. The van der Waals surface area contributed by atoms with Crippen LogP contribution in [0.4, 0.5) is 0 Å². The maximum Gasteiger partial charge on any atom is 0.220 e. The van der Waals surface area contributed by atoms with Crippen molar-refractivity contribution in [2.24, 2.45) is 0 Å². The summed E-state index contributed by atoms with van der Waals surface area (Å²) < 4.78 is 0. The smallest absolute Gasteiger partial charge is 0.220 e. The number of hydrogen-bond donors (Lipinski definition) is 4. The molecule has 360 valence electrons. The topological polar surface area (TPSA) is 89.8 Å². The van der Waals surface area contributed by atoms with Gasteiger partial charge in [-0.15, -0.1) is 0 Å². The van der Waals surface area contributed by atoms with Gasteiger partial charge in [0.25, 0.3) is 0 Å². The SMILES string of the molecule is CCCCCCCCCCCCCCCCCCCCCCCCCCCC(=O)NC(CO)C(O)C(O)CCCCCCCCCCCCCCCCCCCCCCC. The number of aliphatic hydroxyl groups excluding tert-OH is 3. The number of rotatable bonds is 52. The van der Waals surface area contributed by atoms with E-state index in [9.17, 15) is 20.1 Å². The van der Waals surface area contributed by atoms with E-state index >= 15 is 0 Å². The van der Waals surface area contributed by atoms with E-state index in [2.05, 4.69) is 19.2 Å². The molecule has 3 atom stereocenters. The van der Waals surface area contributed by atoms with Crippen LogP contribution in [-0.4, -0.2) is 46.1 Å². The molecule has 0 aliphatic heterocycles. The predicted molar refractivity (Wildman–Crippen MR) is 264 cm³/mol. The van der Waals surface area contributed by atoms with Gasteiger partial charge < -0.3 is 20.6 Å². The van der Waals surface area contributed by atoms with Crippen molar-refractivity contribution in [3.8, 4) is 0 Å². The molecule has 0 aliphatic carbocycles. The van der Waals surface area contributed by atoms with E-state index in [1.165, 1.54) is 263 Å². The summed E-state index contributed by atoms with van der Waals surface area (Å²) in [6.45, 7) is 4.23. The number of carbonyl (C=O) groups is 1. The van der Waals surface area contributed by atoms with Gasteiger partial charge in [-0.3, -0.25) is 4.79 Å². The van der Waals surface area contributed by atoms with Gasteiger partial charge in [0.1, 0.15) is 6.10 Å². The fraction of sp³-hybridized carbons (Fsp3) is 0.982. The highest BCUT2D eigenvalue weighted by atomic mass is 16.3. The van der Waals surface area contributed by atoms with Crippen LogP contribution < -0.4 is 5.32 Å². The number of amides is 1. The molecule has 0 rings (SSSR count). The van der Waals surface area contributed by atoms with Crippen LogP contribution in [0.3, 0.4) is 0 Å². The number of carbonyl (C=O) groups excluding carboxylic acids is 1. The van der Waals surface area contributed by atoms with Crippen LogP contribution in [-0.2, 0) is 4.79 Å². The highest BCUT2D eigenvalue weighted by molar-refractivity contribution is 5.76. The van der Waals surface area contributed by atoms with Gasteiger partial charge in [0.2, 0.25) is 5.91 Å². The third kappa shape index (κ3) is 45.4. The molecule has 0 saturated carbocycles. The molecule has 0 heterocycles. The minimum Gasteiger partial charge on any atom is -0.394 e. The molecule has 0 aromatic rings. The molecule has 0 saturated heterocycles. The average molecular weight is 850 g/mol. The molecule has 1 amide bonds. The fourth-order valence-corrected chi connectivity index (χ4v) is 9.17. The molecular weight excluding hydrogens is 739 g/mol. The van der Waals surface area contributed by atoms with Crippen LogP contribution in [0, 0.1) is 0 Å². The lowest BCUT2D eigenvalue weighted by Crippen LogP contribution is -2.50. The summed E-state index contributed by atoms with van der Waals surface area (Å²) >= 11 is 0. The van der Waals surface area contributed by atoms with E-state index in [4.69, 9.17) is 0 Å². The molecule has 0 aliphatic rings. The zero-order valence-corrected chi connectivity index (χ0v) is 41.1. The second kappa shape index (κ2) is 51.0. The summed E-state index contributed by atoms with van der Waals surface area (Å²) in [6, 6.07) is -0.804. The van der Waals surface area contributed by atoms with E-state index in [1.54, 1.807) is 0 Å². The van der Waals surface area contributed by atoms with Crippen LogP contribution in [0.25, 0.3) is 0 Å². The first-order valence-electron chi connectivity index (χ1n) is 27.8. The lowest BCUT2D eigenvalue weighted by molar-refractivity contribution is -0.124. The quantitative estimate of drug-likeness (QED) is 0.0459. The van der Waals surface area contributed by atoms with Crippen molar-refractivity contribution in [3.63, 3.8) is 0 Å². The second-order valence-corrected chi connectivity index (χ2v) is 19.5. The monoisotopic (exact) mass is 850 g/mol. The van der Waals surface area contributed by atoms with Crippen molar-refractivity contribution in [3.05, 3.63) is 0 Å². The molecule has 60 heavy (non-hydrogen) atoms. The van der Waals surface area contributed by atoms with Gasteiger partial charge in [0, 0.05) is 6.42 Å². The van der Waals surface area contributed by atoms with E-state index in [0.29, 0.717) is 12.8 Å². The summed E-state index contributed by atoms with van der Waals surface area (Å²) in [5, 5.41) is 33.8. The number of nitrogens with one attached hydrogen (secondary N) is 1. The third-order valence-corrected chi connectivity index (χ3v) is 13.5. The van der Waals surface area contributed by atoms with E-state index in [-0.39, 0.29) is 12.5 Å². The van der Waals surface area contributed by atoms with Crippen molar-refractivity contribution in [1.29, 1.82) is 0 Å². The van der Waals surface area contributed by atoms with E-state index < -0.39 is 18.2 Å².